The Morgan fingerprint density at radius 3 is 2.87 bits per heavy atom. The number of hydrogen-bond donors (Lipinski definition) is 1. The van der Waals surface area contributed by atoms with E-state index in [-0.39, 0.29) is 0 Å². The van der Waals surface area contributed by atoms with Crippen molar-refractivity contribution in [3.63, 3.8) is 0 Å². The monoisotopic (exact) mass is 266 g/mol. The highest BCUT2D eigenvalue weighted by atomic mass is 79.9. The van der Waals surface area contributed by atoms with Crippen LogP contribution in [0.2, 0.25) is 0 Å². The lowest BCUT2D eigenvalue weighted by Gasteiger charge is -2.03. The van der Waals surface area contributed by atoms with Crippen LogP contribution in [0.4, 0.5) is 5.69 Å². The van der Waals surface area contributed by atoms with Crippen LogP contribution in [0.1, 0.15) is 5.69 Å². The second kappa shape index (κ2) is 4.44. The summed E-state index contributed by atoms with van der Waals surface area (Å²) in [5.41, 5.74) is 2.00. The number of nitrogens with one attached hydrogen (secondary N) is 1. The zero-order chi connectivity index (χ0) is 10.7. The van der Waals surface area contributed by atoms with Gasteiger partial charge in [0.15, 0.2) is 0 Å². The lowest BCUT2D eigenvalue weighted by atomic mass is 10.4. The summed E-state index contributed by atoms with van der Waals surface area (Å²) in [6.07, 6.45) is 3.71. The zero-order valence-corrected chi connectivity index (χ0v) is 9.90. The van der Waals surface area contributed by atoms with Crippen LogP contribution in [0.15, 0.2) is 35.2 Å². The fourth-order valence-corrected chi connectivity index (χ4v) is 1.47. The van der Waals surface area contributed by atoms with E-state index in [1.165, 1.54) is 0 Å². The van der Waals surface area contributed by atoms with Crippen molar-refractivity contribution in [2.45, 2.75) is 6.54 Å². The molecule has 0 unspecified atom stereocenters. The summed E-state index contributed by atoms with van der Waals surface area (Å²) in [5.74, 6) is 0. The van der Waals surface area contributed by atoms with E-state index in [9.17, 15) is 0 Å². The molecule has 0 radical (unpaired) electrons. The SMILES string of the molecule is Cn1ccc(CNc2ccc(Br)nc2)n1. The molecule has 4 nitrogen and oxygen atoms in total. The predicted molar refractivity (Wildman–Crippen MR) is 62.5 cm³/mol. The first-order valence-corrected chi connectivity index (χ1v) is 5.37. The molecule has 1 N–H and O–H groups in total. The number of halogens is 1. The minimum absolute atomic E-state index is 0.712. The molecule has 0 saturated heterocycles. The van der Waals surface area contributed by atoms with Gasteiger partial charge in [0.1, 0.15) is 4.60 Å². The van der Waals surface area contributed by atoms with Gasteiger partial charge in [0.25, 0.3) is 0 Å². The second-order valence-corrected chi connectivity index (χ2v) is 4.02. The predicted octanol–water partition coefficient (Wildman–Crippen LogP) is 2.19. The van der Waals surface area contributed by atoms with Gasteiger partial charge in [-0.2, -0.15) is 5.10 Å². The number of aryl methyl sites for hydroxylation is 1. The maximum Gasteiger partial charge on any atom is 0.106 e. The molecule has 0 saturated carbocycles. The maximum absolute atomic E-state index is 4.27. The molecule has 15 heavy (non-hydrogen) atoms. The number of hydrogen-bond acceptors (Lipinski definition) is 3. The topological polar surface area (TPSA) is 42.7 Å². The van der Waals surface area contributed by atoms with Crippen LogP contribution < -0.4 is 5.32 Å². The van der Waals surface area contributed by atoms with Gasteiger partial charge in [0, 0.05) is 13.2 Å². The Bertz CT molecular complexity index is 435. The maximum atomic E-state index is 4.27. The van der Waals surface area contributed by atoms with Gasteiger partial charge in [-0.25, -0.2) is 4.98 Å². The summed E-state index contributed by atoms with van der Waals surface area (Å²) in [4.78, 5) is 4.13. The van der Waals surface area contributed by atoms with Crippen LogP contribution in [0.5, 0.6) is 0 Å². The molecule has 0 aliphatic rings. The van der Waals surface area contributed by atoms with Crippen molar-refractivity contribution >= 4 is 21.6 Å². The molecule has 0 aliphatic heterocycles. The highest BCUT2D eigenvalue weighted by molar-refractivity contribution is 9.10. The first kappa shape index (κ1) is 10.2. The van der Waals surface area contributed by atoms with E-state index in [4.69, 9.17) is 0 Å². The Labute approximate surface area is 96.5 Å². The van der Waals surface area contributed by atoms with Gasteiger partial charge in [0.05, 0.1) is 24.1 Å². The number of rotatable bonds is 3. The Morgan fingerprint density at radius 1 is 1.40 bits per heavy atom. The Balaban J connectivity index is 1.96. The third-order valence-electron chi connectivity index (χ3n) is 1.97. The quantitative estimate of drug-likeness (QED) is 0.867. The normalized spacial score (nSPS) is 10.3. The molecule has 0 fully saturated rings. The number of nitrogens with zero attached hydrogens (tertiary/aromatic N) is 3. The second-order valence-electron chi connectivity index (χ2n) is 3.20. The average Bonchev–Trinajstić information content (AvgIpc) is 2.64. The molecular weight excluding hydrogens is 256 g/mol. The molecule has 5 heteroatoms. The number of pyridine rings is 1. The molecule has 2 heterocycles. The van der Waals surface area contributed by atoms with Gasteiger partial charge in [-0.3, -0.25) is 4.68 Å². The van der Waals surface area contributed by atoms with Crippen molar-refractivity contribution in [1.82, 2.24) is 14.8 Å². The Kier molecular flexibility index (Phi) is 3.01. The van der Waals surface area contributed by atoms with E-state index in [2.05, 4.69) is 31.3 Å². The molecular formula is C10H11BrN4. The van der Waals surface area contributed by atoms with E-state index < -0.39 is 0 Å². The summed E-state index contributed by atoms with van der Waals surface area (Å²) in [6.45, 7) is 0.712. The number of anilines is 1. The zero-order valence-electron chi connectivity index (χ0n) is 8.31. The van der Waals surface area contributed by atoms with Gasteiger partial charge >= 0.3 is 0 Å². The number of aromatic nitrogens is 3. The Morgan fingerprint density at radius 2 is 2.27 bits per heavy atom. The summed E-state index contributed by atoms with van der Waals surface area (Å²) in [7, 11) is 1.91. The molecule has 0 bridgehead atoms. The van der Waals surface area contributed by atoms with E-state index in [0.29, 0.717) is 6.54 Å². The molecule has 78 valence electrons. The van der Waals surface area contributed by atoms with Gasteiger partial charge in [0.2, 0.25) is 0 Å². The van der Waals surface area contributed by atoms with Crippen LogP contribution in [0.3, 0.4) is 0 Å². The molecule has 2 aromatic rings. The van der Waals surface area contributed by atoms with Crippen LogP contribution >= 0.6 is 15.9 Å². The molecule has 0 atom stereocenters. The molecule has 2 aromatic heterocycles. The lowest BCUT2D eigenvalue weighted by molar-refractivity contribution is 0.747. The van der Waals surface area contributed by atoms with Crippen molar-refractivity contribution in [3.8, 4) is 0 Å². The standard InChI is InChI=1S/C10H11BrN4/c1-15-5-4-9(14-15)7-12-8-2-3-10(11)13-6-8/h2-6,12H,7H2,1H3. The van der Waals surface area contributed by atoms with Gasteiger partial charge in [-0.05, 0) is 34.1 Å². The van der Waals surface area contributed by atoms with Crippen molar-refractivity contribution in [1.29, 1.82) is 0 Å². The minimum atomic E-state index is 0.712. The molecule has 0 aliphatic carbocycles. The first-order valence-electron chi connectivity index (χ1n) is 4.58. The van der Waals surface area contributed by atoms with Crippen LogP contribution in [0.25, 0.3) is 0 Å². The Hall–Kier alpha value is -1.36. The lowest BCUT2D eigenvalue weighted by Crippen LogP contribution is -2.01. The molecule has 0 spiro atoms. The third-order valence-corrected chi connectivity index (χ3v) is 2.44. The third kappa shape index (κ3) is 2.79. The van der Waals surface area contributed by atoms with Crippen molar-refractivity contribution in [2.75, 3.05) is 5.32 Å². The fourth-order valence-electron chi connectivity index (χ4n) is 1.23. The molecule has 2 rings (SSSR count). The smallest absolute Gasteiger partial charge is 0.106 e. The van der Waals surface area contributed by atoms with Crippen LogP contribution in [-0.2, 0) is 13.6 Å². The van der Waals surface area contributed by atoms with Crippen LogP contribution in [-0.4, -0.2) is 14.8 Å². The summed E-state index contributed by atoms with van der Waals surface area (Å²) in [6, 6.07) is 5.86. The van der Waals surface area contributed by atoms with Crippen molar-refractivity contribution in [2.24, 2.45) is 7.05 Å². The largest absolute Gasteiger partial charge is 0.378 e. The van der Waals surface area contributed by atoms with E-state index in [1.807, 2.05) is 31.4 Å². The molecule has 0 aromatic carbocycles. The highest BCUT2D eigenvalue weighted by Gasteiger charge is 1.97. The van der Waals surface area contributed by atoms with Gasteiger partial charge in [-0.15, -0.1) is 0 Å². The average molecular weight is 267 g/mol. The van der Waals surface area contributed by atoms with Crippen molar-refractivity contribution in [3.05, 3.63) is 40.9 Å². The first-order chi connectivity index (χ1) is 7.24. The van der Waals surface area contributed by atoms with E-state index in [0.717, 1.165) is 16.0 Å². The summed E-state index contributed by atoms with van der Waals surface area (Å²) < 4.78 is 2.63. The van der Waals surface area contributed by atoms with E-state index in [1.54, 1.807) is 10.9 Å². The highest BCUT2D eigenvalue weighted by Crippen LogP contribution is 2.11. The minimum Gasteiger partial charge on any atom is -0.378 e. The van der Waals surface area contributed by atoms with Crippen LogP contribution in [0, 0.1) is 0 Å². The van der Waals surface area contributed by atoms with Gasteiger partial charge in [-0.1, -0.05) is 0 Å². The van der Waals surface area contributed by atoms with E-state index >= 15 is 0 Å². The summed E-state index contributed by atoms with van der Waals surface area (Å²) in [5, 5.41) is 7.51. The molecule has 0 amide bonds. The van der Waals surface area contributed by atoms with Crippen molar-refractivity contribution < 1.29 is 0 Å². The fraction of sp³-hybridized carbons (Fsp3) is 0.200. The van der Waals surface area contributed by atoms with Gasteiger partial charge < -0.3 is 5.32 Å². The summed E-state index contributed by atoms with van der Waals surface area (Å²) >= 11 is 3.29.